The molecule has 0 radical (unpaired) electrons. The fraction of sp³-hybridized carbons (Fsp3) is 0.150. The Labute approximate surface area is 138 Å². The fourth-order valence-electron chi connectivity index (χ4n) is 2.96. The van der Waals surface area contributed by atoms with Crippen molar-refractivity contribution in [3.8, 4) is 17.1 Å². The molecular formula is C20H16O4. The maximum absolute atomic E-state index is 11.9. The summed E-state index contributed by atoms with van der Waals surface area (Å²) in [6.07, 6.45) is 0.905. The smallest absolute Gasteiger partial charge is 0.336 e. The summed E-state index contributed by atoms with van der Waals surface area (Å²) in [4.78, 5) is 11.9. The summed E-state index contributed by atoms with van der Waals surface area (Å²) in [6, 6.07) is 15.0. The highest BCUT2D eigenvalue weighted by Gasteiger charge is 2.14. The number of benzene rings is 2. The van der Waals surface area contributed by atoms with Crippen LogP contribution >= 0.6 is 0 Å². The summed E-state index contributed by atoms with van der Waals surface area (Å²) in [5, 5.41) is 1.80. The van der Waals surface area contributed by atoms with Crippen molar-refractivity contribution in [2.45, 2.75) is 13.3 Å². The van der Waals surface area contributed by atoms with Gasteiger partial charge in [-0.1, -0.05) is 25.1 Å². The average molecular weight is 320 g/mol. The van der Waals surface area contributed by atoms with Crippen LogP contribution in [-0.2, 0) is 6.42 Å². The Morgan fingerprint density at radius 2 is 1.92 bits per heavy atom. The number of methoxy groups -OCH3 is 1. The third-order valence-electron chi connectivity index (χ3n) is 4.21. The van der Waals surface area contributed by atoms with E-state index in [1.54, 1.807) is 7.11 Å². The van der Waals surface area contributed by atoms with Crippen LogP contribution < -0.4 is 10.4 Å². The number of aryl methyl sites for hydroxylation is 1. The van der Waals surface area contributed by atoms with E-state index >= 15 is 0 Å². The van der Waals surface area contributed by atoms with Gasteiger partial charge in [0.25, 0.3) is 0 Å². The van der Waals surface area contributed by atoms with Crippen LogP contribution in [0.25, 0.3) is 33.3 Å². The molecule has 0 aliphatic rings. The first-order valence-electron chi connectivity index (χ1n) is 7.83. The second-order valence-corrected chi connectivity index (χ2v) is 5.65. The molecule has 0 aliphatic heterocycles. The first-order valence-corrected chi connectivity index (χ1v) is 7.83. The third kappa shape index (κ3) is 2.27. The first kappa shape index (κ1) is 14.6. The number of ether oxygens (including phenoxy) is 1. The molecule has 0 unspecified atom stereocenters. The number of fused-ring (bicyclic) bond motifs is 2. The lowest BCUT2D eigenvalue weighted by atomic mass is 10.0. The number of hydrogen-bond donors (Lipinski definition) is 0. The second-order valence-electron chi connectivity index (χ2n) is 5.65. The maximum Gasteiger partial charge on any atom is 0.336 e. The van der Waals surface area contributed by atoms with E-state index in [1.807, 2.05) is 42.5 Å². The molecule has 120 valence electrons. The van der Waals surface area contributed by atoms with Crippen LogP contribution in [0, 0.1) is 0 Å². The van der Waals surface area contributed by atoms with Gasteiger partial charge in [0, 0.05) is 22.4 Å². The van der Waals surface area contributed by atoms with Crippen molar-refractivity contribution in [1.82, 2.24) is 0 Å². The largest absolute Gasteiger partial charge is 0.493 e. The molecule has 0 spiro atoms. The zero-order valence-corrected chi connectivity index (χ0v) is 13.5. The van der Waals surface area contributed by atoms with Crippen LogP contribution in [0.3, 0.4) is 0 Å². The predicted octanol–water partition coefficient (Wildman–Crippen LogP) is 4.78. The SMILES string of the molecule is CCc1ccc2oc(=O)cc(-c3cc4cccc(OC)c4o3)c2c1. The predicted molar refractivity (Wildman–Crippen MR) is 93.6 cm³/mol. The number of rotatable bonds is 3. The van der Waals surface area contributed by atoms with Crippen molar-refractivity contribution in [1.29, 1.82) is 0 Å². The van der Waals surface area contributed by atoms with E-state index < -0.39 is 5.63 Å². The molecule has 0 bridgehead atoms. The van der Waals surface area contributed by atoms with Crippen LogP contribution in [0.5, 0.6) is 5.75 Å². The van der Waals surface area contributed by atoms with Crippen molar-refractivity contribution in [3.05, 3.63) is 64.5 Å². The maximum atomic E-state index is 11.9. The van der Waals surface area contributed by atoms with Crippen molar-refractivity contribution < 1.29 is 13.6 Å². The Balaban J connectivity index is 2.03. The molecule has 0 N–H and O–H groups in total. The van der Waals surface area contributed by atoms with Crippen LogP contribution in [0.1, 0.15) is 12.5 Å². The van der Waals surface area contributed by atoms with E-state index in [-0.39, 0.29) is 0 Å². The molecule has 4 aromatic rings. The molecule has 2 aromatic carbocycles. The minimum Gasteiger partial charge on any atom is -0.493 e. The fourth-order valence-corrected chi connectivity index (χ4v) is 2.96. The van der Waals surface area contributed by atoms with Gasteiger partial charge in [-0.2, -0.15) is 0 Å². The van der Waals surface area contributed by atoms with Gasteiger partial charge in [-0.3, -0.25) is 0 Å². The minimum atomic E-state index is -0.394. The van der Waals surface area contributed by atoms with Gasteiger partial charge in [0.05, 0.1) is 7.11 Å². The van der Waals surface area contributed by atoms with E-state index in [9.17, 15) is 4.79 Å². The molecule has 2 heterocycles. The molecule has 0 amide bonds. The quantitative estimate of drug-likeness (QED) is 0.510. The van der Waals surface area contributed by atoms with Crippen molar-refractivity contribution in [3.63, 3.8) is 0 Å². The Hall–Kier alpha value is -3.01. The molecule has 0 saturated carbocycles. The first-order chi connectivity index (χ1) is 11.7. The molecule has 4 rings (SSSR count). The summed E-state index contributed by atoms with van der Waals surface area (Å²) >= 11 is 0. The van der Waals surface area contributed by atoms with Crippen molar-refractivity contribution in [2.24, 2.45) is 0 Å². The molecule has 4 nitrogen and oxygen atoms in total. The third-order valence-corrected chi connectivity index (χ3v) is 4.21. The average Bonchev–Trinajstić information content (AvgIpc) is 3.04. The second kappa shape index (κ2) is 5.57. The summed E-state index contributed by atoms with van der Waals surface area (Å²) in [5.41, 5.74) is 2.74. The lowest BCUT2D eigenvalue weighted by Gasteiger charge is -2.05. The summed E-state index contributed by atoms with van der Waals surface area (Å²) in [6.45, 7) is 2.09. The van der Waals surface area contributed by atoms with Gasteiger partial charge in [0.1, 0.15) is 11.3 Å². The van der Waals surface area contributed by atoms with Gasteiger partial charge in [-0.25, -0.2) is 4.79 Å². The topological polar surface area (TPSA) is 52.6 Å². The van der Waals surface area contributed by atoms with E-state index in [1.165, 1.54) is 11.6 Å². The summed E-state index contributed by atoms with van der Waals surface area (Å²) < 4.78 is 16.7. The van der Waals surface area contributed by atoms with Gasteiger partial charge in [0.15, 0.2) is 11.3 Å². The highest BCUT2D eigenvalue weighted by Crippen LogP contribution is 2.35. The Morgan fingerprint density at radius 3 is 2.71 bits per heavy atom. The molecule has 24 heavy (non-hydrogen) atoms. The summed E-state index contributed by atoms with van der Waals surface area (Å²) in [7, 11) is 1.61. The van der Waals surface area contributed by atoms with E-state index in [0.717, 1.165) is 22.8 Å². The normalized spacial score (nSPS) is 11.2. The molecule has 0 saturated heterocycles. The van der Waals surface area contributed by atoms with Crippen molar-refractivity contribution >= 4 is 21.9 Å². The molecule has 0 aliphatic carbocycles. The number of hydrogen-bond acceptors (Lipinski definition) is 4. The zero-order chi connectivity index (χ0) is 16.7. The van der Waals surface area contributed by atoms with E-state index in [2.05, 4.69) is 6.92 Å². The molecule has 0 atom stereocenters. The lowest BCUT2D eigenvalue weighted by molar-refractivity contribution is 0.411. The summed E-state index contributed by atoms with van der Waals surface area (Å²) in [5.74, 6) is 1.29. The molecule has 0 fully saturated rings. The van der Waals surface area contributed by atoms with Crippen LogP contribution in [-0.4, -0.2) is 7.11 Å². The molecule has 2 aromatic heterocycles. The van der Waals surface area contributed by atoms with Crippen LogP contribution in [0.15, 0.2) is 62.2 Å². The van der Waals surface area contributed by atoms with Gasteiger partial charge < -0.3 is 13.6 Å². The van der Waals surface area contributed by atoms with E-state index in [4.69, 9.17) is 13.6 Å². The number of furan rings is 1. The van der Waals surface area contributed by atoms with Gasteiger partial charge in [0.2, 0.25) is 0 Å². The van der Waals surface area contributed by atoms with Crippen molar-refractivity contribution in [2.75, 3.05) is 7.11 Å². The Morgan fingerprint density at radius 1 is 1.04 bits per heavy atom. The molecular weight excluding hydrogens is 304 g/mol. The highest BCUT2D eigenvalue weighted by molar-refractivity contribution is 5.96. The van der Waals surface area contributed by atoms with Gasteiger partial charge in [-0.05, 0) is 36.2 Å². The standard InChI is InChI=1S/C20H16O4/c1-3-12-7-8-16-14(9-12)15(11-19(21)23-16)18-10-13-5-4-6-17(22-2)20(13)24-18/h4-11H,3H2,1-2H3. The lowest BCUT2D eigenvalue weighted by Crippen LogP contribution is -1.98. The minimum absolute atomic E-state index is 0.394. The van der Waals surface area contributed by atoms with E-state index in [0.29, 0.717) is 22.7 Å². The zero-order valence-electron chi connectivity index (χ0n) is 13.5. The Bertz CT molecular complexity index is 1100. The van der Waals surface area contributed by atoms with Gasteiger partial charge >= 0.3 is 5.63 Å². The Kier molecular flexibility index (Phi) is 3.38. The van der Waals surface area contributed by atoms with Crippen LogP contribution in [0.4, 0.5) is 0 Å². The highest BCUT2D eigenvalue weighted by atomic mass is 16.5. The molecule has 4 heteroatoms. The van der Waals surface area contributed by atoms with Gasteiger partial charge in [-0.15, -0.1) is 0 Å². The van der Waals surface area contributed by atoms with Crippen LogP contribution in [0.2, 0.25) is 0 Å². The monoisotopic (exact) mass is 320 g/mol. The number of para-hydroxylation sites is 1.